The standard InChI is InChI=1S/C18H24FNO/c1-2-4-12-7-9-13(10-8-12)17(20)16-11-14-5-3-6-15(19)18(14)21-16/h3,5-6,11-13,17H,2,4,7-10,20H2,1H3. The molecule has 1 aliphatic carbocycles. The number of nitrogens with two attached hydrogens (primary N) is 1. The average molecular weight is 289 g/mol. The summed E-state index contributed by atoms with van der Waals surface area (Å²) >= 11 is 0. The number of hydrogen-bond donors (Lipinski definition) is 1. The molecule has 1 saturated carbocycles. The molecule has 3 rings (SSSR count). The first kappa shape index (κ1) is 14.6. The second-order valence-electron chi connectivity index (χ2n) is 6.40. The van der Waals surface area contributed by atoms with Gasteiger partial charge in [-0.05, 0) is 36.8 Å². The highest BCUT2D eigenvalue weighted by Gasteiger charge is 2.28. The van der Waals surface area contributed by atoms with Crippen LogP contribution in [0.3, 0.4) is 0 Å². The molecule has 2 nitrogen and oxygen atoms in total. The van der Waals surface area contributed by atoms with Crippen molar-refractivity contribution >= 4 is 11.0 Å². The van der Waals surface area contributed by atoms with Crippen molar-refractivity contribution in [3.63, 3.8) is 0 Å². The molecule has 1 aliphatic rings. The van der Waals surface area contributed by atoms with Gasteiger partial charge in [0.05, 0.1) is 6.04 Å². The fraction of sp³-hybridized carbons (Fsp3) is 0.556. The van der Waals surface area contributed by atoms with E-state index in [1.807, 2.05) is 12.1 Å². The summed E-state index contributed by atoms with van der Waals surface area (Å²) in [7, 11) is 0. The van der Waals surface area contributed by atoms with Gasteiger partial charge in [-0.15, -0.1) is 0 Å². The van der Waals surface area contributed by atoms with E-state index in [1.165, 1.54) is 31.7 Å². The number of halogens is 1. The summed E-state index contributed by atoms with van der Waals surface area (Å²) in [5.74, 6) is 1.75. The first-order valence-electron chi connectivity index (χ1n) is 8.12. The summed E-state index contributed by atoms with van der Waals surface area (Å²) < 4.78 is 19.4. The number of fused-ring (bicyclic) bond motifs is 1. The number of hydrogen-bond acceptors (Lipinski definition) is 2. The summed E-state index contributed by atoms with van der Waals surface area (Å²) in [6, 6.07) is 6.80. The Balaban J connectivity index is 1.72. The second-order valence-corrected chi connectivity index (χ2v) is 6.40. The maximum atomic E-state index is 13.7. The lowest BCUT2D eigenvalue weighted by Gasteiger charge is -2.31. The molecule has 1 atom stereocenters. The van der Waals surface area contributed by atoms with Gasteiger partial charge in [-0.1, -0.05) is 44.7 Å². The highest BCUT2D eigenvalue weighted by molar-refractivity contribution is 5.78. The van der Waals surface area contributed by atoms with Gasteiger partial charge in [0, 0.05) is 5.39 Å². The van der Waals surface area contributed by atoms with E-state index in [1.54, 1.807) is 6.07 Å². The molecule has 2 N–H and O–H groups in total. The summed E-state index contributed by atoms with van der Waals surface area (Å²) in [6.45, 7) is 2.25. The largest absolute Gasteiger partial charge is 0.456 e. The van der Waals surface area contributed by atoms with E-state index in [0.29, 0.717) is 11.5 Å². The fourth-order valence-electron chi connectivity index (χ4n) is 3.69. The fourth-order valence-corrected chi connectivity index (χ4v) is 3.69. The molecule has 2 aromatic rings. The third kappa shape index (κ3) is 2.98. The van der Waals surface area contributed by atoms with Gasteiger partial charge in [-0.25, -0.2) is 4.39 Å². The maximum absolute atomic E-state index is 13.7. The number of furan rings is 1. The molecule has 0 amide bonds. The lowest BCUT2D eigenvalue weighted by atomic mass is 9.77. The Morgan fingerprint density at radius 3 is 2.71 bits per heavy atom. The zero-order valence-electron chi connectivity index (χ0n) is 12.6. The smallest absolute Gasteiger partial charge is 0.169 e. The predicted molar refractivity (Wildman–Crippen MR) is 83.5 cm³/mol. The van der Waals surface area contributed by atoms with Crippen LogP contribution in [0.5, 0.6) is 0 Å². The topological polar surface area (TPSA) is 39.2 Å². The number of rotatable bonds is 4. The molecule has 0 saturated heterocycles. The van der Waals surface area contributed by atoms with Gasteiger partial charge in [0.25, 0.3) is 0 Å². The molecule has 1 aromatic carbocycles. The van der Waals surface area contributed by atoms with Gasteiger partial charge in [-0.3, -0.25) is 0 Å². The van der Waals surface area contributed by atoms with Crippen molar-refractivity contribution in [2.24, 2.45) is 17.6 Å². The van der Waals surface area contributed by atoms with Crippen LogP contribution in [0.25, 0.3) is 11.0 Å². The molecular weight excluding hydrogens is 265 g/mol. The van der Waals surface area contributed by atoms with Crippen LogP contribution in [-0.4, -0.2) is 0 Å². The minimum absolute atomic E-state index is 0.112. The van der Waals surface area contributed by atoms with Crippen molar-refractivity contribution in [3.05, 3.63) is 35.8 Å². The third-order valence-electron chi connectivity index (χ3n) is 4.94. The Hall–Kier alpha value is -1.35. The molecule has 1 unspecified atom stereocenters. The van der Waals surface area contributed by atoms with Gasteiger partial charge in [0.2, 0.25) is 0 Å². The molecule has 114 valence electrons. The van der Waals surface area contributed by atoms with Crippen LogP contribution in [-0.2, 0) is 0 Å². The van der Waals surface area contributed by atoms with E-state index in [2.05, 4.69) is 6.92 Å². The van der Waals surface area contributed by atoms with Crippen LogP contribution in [0, 0.1) is 17.7 Å². The predicted octanol–water partition coefficient (Wildman–Crippen LogP) is 5.18. The zero-order valence-corrected chi connectivity index (χ0v) is 12.6. The van der Waals surface area contributed by atoms with E-state index < -0.39 is 0 Å². The van der Waals surface area contributed by atoms with Crippen molar-refractivity contribution in [1.82, 2.24) is 0 Å². The highest BCUT2D eigenvalue weighted by Crippen LogP contribution is 2.38. The Morgan fingerprint density at radius 2 is 2.05 bits per heavy atom. The van der Waals surface area contributed by atoms with Gasteiger partial charge in [0.1, 0.15) is 5.76 Å². The summed E-state index contributed by atoms with van der Waals surface area (Å²) in [5.41, 5.74) is 6.72. The van der Waals surface area contributed by atoms with Crippen LogP contribution in [0.1, 0.15) is 57.3 Å². The molecular formula is C18H24FNO. The van der Waals surface area contributed by atoms with E-state index in [9.17, 15) is 4.39 Å². The SMILES string of the molecule is CCCC1CCC(C(N)c2cc3cccc(F)c3o2)CC1. The van der Waals surface area contributed by atoms with Crippen molar-refractivity contribution in [1.29, 1.82) is 0 Å². The maximum Gasteiger partial charge on any atom is 0.169 e. The van der Waals surface area contributed by atoms with Crippen molar-refractivity contribution < 1.29 is 8.81 Å². The lowest BCUT2D eigenvalue weighted by Crippen LogP contribution is -2.25. The highest BCUT2D eigenvalue weighted by atomic mass is 19.1. The molecule has 1 fully saturated rings. The second kappa shape index (κ2) is 6.18. The van der Waals surface area contributed by atoms with E-state index in [-0.39, 0.29) is 11.9 Å². The minimum atomic E-state index is -0.308. The van der Waals surface area contributed by atoms with Crippen LogP contribution < -0.4 is 5.73 Å². The Morgan fingerprint density at radius 1 is 1.29 bits per heavy atom. The van der Waals surface area contributed by atoms with Crippen molar-refractivity contribution in [2.45, 2.75) is 51.5 Å². The molecule has 0 spiro atoms. The molecule has 1 aromatic heterocycles. The van der Waals surface area contributed by atoms with Crippen LogP contribution in [0.4, 0.5) is 4.39 Å². The zero-order chi connectivity index (χ0) is 14.8. The summed E-state index contributed by atoms with van der Waals surface area (Å²) in [4.78, 5) is 0. The molecule has 21 heavy (non-hydrogen) atoms. The normalized spacial score (nSPS) is 24.3. The number of para-hydroxylation sites is 1. The quantitative estimate of drug-likeness (QED) is 0.842. The molecule has 0 aliphatic heterocycles. The molecule has 0 bridgehead atoms. The van der Waals surface area contributed by atoms with E-state index >= 15 is 0 Å². The van der Waals surface area contributed by atoms with Gasteiger partial charge in [0.15, 0.2) is 11.4 Å². The first-order chi connectivity index (χ1) is 10.2. The van der Waals surface area contributed by atoms with Crippen LogP contribution in [0.15, 0.2) is 28.7 Å². The lowest BCUT2D eigenvalue weighted by molar-refractivity contribution is 0.222. The Labute approximate surface area is 125 Å². The number of benzene rings is 1. The Bertz CT molecular complexity index is 598. The van der Waals surface area contributed by atoms with Crippen molar-refractivity contribution in [2.75, 3.05) is 0 Å². The summed E-state index contributed by atoms with van der Waals surface area (Å²) in [6.07, 6.45) is 7.44. The monoisotopic (exact) mass is 289 g/mol. The van der Waals surface area contributed by atoms with E-state index in [0.717, 1.165) is 29.9 Å². The molecule has 3 heteroatoms. The molecule has 1 heterocycles. The third-order valence-corrected chi connectivity index (χ3v) is 4.94. The van der Waals surface area contributed by atoms with Crippen LogP contribution in [0.2, 0.25) is 0 Å². The van der Waals surface area contributed by atoms with Crippen LogP contribution >= 0.6 is 0 Å². The average Bonchev–Trinajstić information content (AvgIpc) is 2.93. The Kier molecular flexibility index (Phi) is 4.29. The summed E-state index contributed by atoms with van der Waals surface area (Å²) in [5, 5.41) is 0.806. The van der Waals surface area contributed by atoms with Crippen molar-refractivity contribution in [3.8, 4) is 0 Å². The van der Waals surface area contributed by atoms with Gasteiger partial charge in [-0.2, -0.15) is 0 Å². The first-order valence-corrected chi connectivity index (χ1v) is 8.12. The van der Waals surface area contributed by atoms with Gasteiger partial charge >= 0.3 is 0 Å². The molecule has 0 radical (unpaired) electrons. The van der Waals surface area contributed by atoms with Gasteiger partial charge < -0.3 is 10.2 Å². The van der Waals surface area contributed by atoms with E-state index in [4.69, 9.17) is 10.2 Å². The minimum Gasteiger partial charge on any atom is -0.456 e.